The van der Waals surface area contributed by atoms with E-state index in [9.17, 15) is 4.79 Å². The third kappa shape index (κ3) is 2.66. The molecule has 4 atom stereocenters. The van der Waals surface area contributed by atoms with Crippen LogP contribution >= 0.6 is 0 Å². The SMILES string of the molecule is O=C(N[C@H]1[C@@H]2CC[C@@H](C2)[C@@H]1C1CC1)OCc1ccccc1. The first kappa shape index (κ1) is 13.2. The van der Waals surface area contributed by atoms with Gasteiger partial charge in [-0.2, -0.15) is 0 Å². The van der Waals surface area contributed by atoms with Gasteiger partial charge in [-0.05, 0) is 61.3 Å². The van der Waals surface area contributed by atoms with E-state index >= 15 is 0 Å². The van der Waals surface area contributed by atoms with E-state index in [-0.39, 0.29) is 6.09 Å². The Labute approximate surface area is 126 Å². The number of alkyl carbamates (subject to hydrolysis) is 1. The highest BCUT2D eigenvalue weighted by molar-refractivity contribution is 5.67. The van der Waals surface area contributed by atoms with Crippen LogP contribution in [0.5, 0.6) is 0 Å². The number of benzene rings is 1. The topological polar surface area (TPSA) is 38.3 Å². The van der Waals surface area contributed by atoms with Crippen LogP contribution in [0, 0.1) is 23.7 Å². The van der Waals surface area contributed by atoms with Crippen molar-refractivity contribution in [3.63, 3.8) is 0 Å². The first-order chi connectivity index (χ1) is 10.3. The fraction of sp³-hybridized carbons (Fsp3) is 0.611. The van der Waals surface area contributed by atoms with E-state index in [1.165, 1.54) is 32.1 Å². The molecule has 3 aliphatic carbocycles. The molecule has 1 amide bonds. The zero-order chi connectivity index (χ0) is 14.2. The summed E-state index contributed by atoms with van der Waals surface area (Å²) in [4.78, 5) is 12.1. The Morgan fingerprint density at radius 1 is 1.05 bits per heavy atom. The van der Waals surface area contributed by atoms with Crippen molar-refractivity contribution in [1.82, 2.24) is 5.32 Å². The van der Waals surface area contributed by atoms with Gasteiger partial charge in [0, 0.05) is 6.04 Å². The third-order valence-corrected chi connectivity index (χ3v) is 5.64. The number of nitrogens with one attached hydrogen (secondary N) is 1. The Balaban J connectivity index is 1.33. The fourth-order valence-electron chi connectivity index (χ4n) is 4.61. The van der Waals surface area contributed by atoms with Gasteiger partial charge < -0.3 is 10.1 Å². The predicted octanol–water partition coefficient (Wildman–Crippen LogP) is 3.74. The van der Waals surface area contributed by atoms with Gasteiger partial charge in [-0.25, -0.2) is 4.79 Å². The van der Waals surface area contributed by atoms with Gasteiger partial charge in [-0.15, -0.1) is 0 Å². The Bertz CT molecular complexity index is 511. The molecule has 3 fully saturated rings. The second-order valence-corrected chi connectivity index (χ2v) is 6.98. The van der Waals surface area contributed by atoms with Crippen LogP contribution in [0.15, 0.2) is 30.3 Å². The Hall–Kier alpha value is -1.51. The lowest BCUT2D eigenvalue weighted by atomic mass is 9.81. The summed E-state index contributed by atoms with van der Waals surface area (Å²) in [5, 5.41) is 3.19. The summed E-state index contributed by atoms with van der Waals surface area (Å²) in [5.41, 5.74) is 1.04. The third-order valence-electron chi connectivity index (χ3n) is 5.64. The molecule has 0 aromatic heterocycles. The first-order valence-electron chi connectivity index (χ1n) is 8.28. The second kappa shape index (κ2) is 5.36. The van der Waals surface area contributed by atoms with Gasteiger partial charge in [0.15, 0.2) is 0 Å². The molecule has 0 saturated heterocycles. The molecule has 1 N–H and O–H groups in total. The minimum Gasteiger partial charge on any atom is -0.445 e. The molecule has 3 nitrogen and oxygen atoms in total. The summed E-state index contributed by atoms with van der Waals surface area (Å²) < 4.78 is 5.40. The number of carbonyl (C=O) groups excluding carboxylic acids is 1. The zero-order valence-corrected chi connectivity index (χ0v) is 12.3. The molecule has 0 unspecified atom stereocenters. The van der Waals surface area contributed by atoms with Crippen LogP contribution in [0.3, 0.4) is 0 Å². The van der Waals surface area contributed by atoms with Gasteiger partial charge >= 0.3 is 6.09 Å². The van der Waals surface area contributed by atoms with Crippen LogP contribution in [-0.4, -0.2) is 12.1 Å². The lowest BCUT2D eigenvalue weighted by Gasteiger charge is -2.31. The highest BCUT2D eigenvalue weighted by Crippen LogP contribution is 2.56. The van der Waals surface area contributed by atoms with Crippen LogP contribution in [0.25, 0.3) is 0 Å². The largest absolute Gasteiger partial charge is 0.445 e. The number of hydrogen-bond acceptors (Lipinski definition) is 2. The molecule has 3 saturated carbocycles. The van der Waals surface area contributed by atoms with Crippen LogP contribution in [-0.2, 0) is 11.3 Å². The molecule has 2 bridgehead atoms. The number of hydrogen-bond donors (Lipinski definition) is 1. The van der Waals surface area contributed by atoms with E-state index < -0.39 is 0 Å². The molecule has 0 aliphatic heterocycles. The minimum absolute atomic E-state index is 0.234. The maximum atomic E-state index is 12.1. The van der Waals surface area contributed by atoms with Crippen molar-refractivity contribution in [2.45, 2.75) is 44.8 Å². The first-order valence-corrected chi connectivity index (χ1v) is 8.28. The number of carbonyl (C=O) groups is 1. The van der Waals surface area contributed by atoms with Gasteiger partial charge in [-0.1, -0.05) is 30.3 Å². The second-order valence-electron chi connectivity index (χ2n) is 6.98. The average molecular weight is 285 g/mol. The van der Waals surface area contributed by atoms with Crippen LogP contribution < -0.4 is 5.32 Å². The molecular formula is C18H23NO2. The Morgan fingerprint density at radius 3 is 2.52 bits per heavy atom. The zero-order valence-electron chi connectivity index (χ0n) is 12.3. The fourth-order valence-corrected chi connectivity index (χ4v) is 4.61. The van der Waals surface area contributed by atoms with Crippen LogP contribution in [0.2, 0.25) is 0 Å². The average Bonchev–Trinajstić information content (AvgIpc) is 3.15. The molecule has 0 heterocycles. The molecule has 21 heavy (non-hydrogen) atoms. The Morgan fingerprint density at radius 2 is 1.76 bits per heavy atom. The number of fused-ring (bicyclic) bond motifs is 2. The van der Waals surface area contributed by atoms with Gasteiger partial charge in [0.25, 0.3) is 0 Å². The van der Waals surface area contributed by atoms with Crippen molar-refractivity contribution in [3.05, 3.63) is 35.9 Å². The van der Waals surface area contributed by atoms with E-state index in [2.05, 4.69) is 5.32 Å². The lowest BCUT2D eigenvalue weighted by molar-refractivity contribution is 0.122. The number of amides is 1. The Kier molecular flexibility index (Phi) is 3.36. The molecule has 1 aromatic carbocycles. The van der Waals surface area contributed by atoms with Crippen LogP contribution in [0.4, 0.5) is 4.79 Å². The quantitative estimate of drug-likeness (QED) is 0.915. The van der Waals surface area contributed by atoms with E-state index in [1.807, 2.05) is 30.3 Å². The highest BCUT2D eigenvalue weighted by atomic mass is 16.5. The molecular weight excluding hydrogens is 262 g/mol. The standard InChI is InChI=1S/C18H23NO2/c20-18(21-11-12-4-2-1-3-5-12)19-17-15-9-8-14(10-15)16(17)13-6-7-13/h1-5,13-17H,6-11H2,(H,19,20)/t14-,15+,16-,17-/m0/s1. The smallest absolute Gasteiger partial charge is 0.407 e. The highest BCUT2D eigenvalue weighted by Gasteiger charge is 2.53. The van der Waals surface area contributed by atoms with Crippen molar-refractivity contribution in [1.29, 1.82) is 0 Å². The predicted molar refractivity (Wildman–Crippen MR) is 80.6 cm³/mol. The van der Waals surface area contributed by atoms with Crippen molar-refractivity contribution < 1.29 is 9.53 Å². The summed E-state index contributed by atoms with van der Waals surface area (Å²) in [5.74, 6) is 3.17. The molecule has 0 radical (unpaired) electrons. The summed E-state index contributed by atoms with van der Waals surface area (Å²) in [6, 6.07) is 10.2. The van der Waals surface area contributed by atoms with Crippen molar-refractivity contribution >= 4 is 6.09 Å². The number of ether oxygens (including phenoxy) is 1. The molecule has 0 spiro atoms. The summed E-state index contributed by atoms with van der Waals surface area (Å²) >= 11 is 0. The van der Waals surface area contributed by atoms with E-state index in [4.69, 9.17) is 4.74 Å². The van der Waals surface area contributed by atoms with Gasteiger partial charge in [0.2, 0.25) is 0 Å². The van der Waals surface area contributed by atoms with Gasteiger partial charge in [0.05, 0.1) is 0 Å². The summed E-state index contributed by atoms with van der Waals surface area (Å²) in [6.45, 7) is 0.363. The monoisotopic (exact) mass is 285 g/mol. The van der Waals surface area contributed by atoms with E-state index in [0.29, 0.717) is 18.6 Å². The van der Waals surface area contributed by atoms with E-state index in [0.717, 1.165) is 23.3 Å². The maximum Gasteiger partial charge on any atom is 0.407 e. The molecule has 1 aromatic rings. The van der Waals surface area contributed by atoms with Crippen molar-refractivity contribution in [3.8, 4) is 0 Å². The summed E-state index contributed by atoms with van der Waals surface area (Å²) in [7, 11) is 0. The van der Waals surface area contributed by atoms with Crippen molar-refractivity contribution in [2.75, 3.05) is 0 Å². The van der Waals surface area contributed by atoms with E-state index in [1.54, 1.807) is 0 Å². The molecule has 3 aliphatic rings. The van der Waals surface area contributed by atoms with Gasteiger partial charge in [-0.3, -0.25) is 0 Å². The minimum atomic E-state index is -0.234. The number of rotatable bonds is 4. The molecule has 112 valence electrons. The van der Waals surface area contributed by atoms with Crippen LogP contribution in [0.1, 0.15) is 37.7 Å². The summed E-state index contributed by atoms with van der Waals surface area (Å²) in [6.07, 6.45) is 6.49. The normalized spacial score (nSPS) is 33.9. The molecule has 3 heteroatoms. The molecule has 4 rings (SSSR count). The van der Waals surface area contributed by atoms with Crippen molar-refractivity contribution in [2.24, 2.45) is 23.7 Å². The van der Waals surface area contributed by atoms with Gasteiger partial charge in [0.1, 0.15) is 6.61 Å². The lowest BCUT2D eigenvalue weighted by Crippen LogP contribution is -2.44. The maximum absolute atomic E-state index is 12.1.